The molecular weight excluding hydrogens is 472 g/mol. The number of ether oxygens (including phenoxy) is 1. The van der Waals surface area contributed by atoms with Crippen molar-refractivity contribution in [2.24, 2.45) is 5.10 Å². The van der Waals surface area contributed by atoms with Crippen LogP contribution in [0.4, 0.5) is 4.39 Å². The van der Waals surface area contributed by atoms with Gasteiger partial charge in [0.2, 0.25) is 0 Å². The van der Waals surface area contributed by atoms with Gasteiger partial charge in [0.25, 0.3) is 5.91 Å². The van der Waals surface area contributed by atoms with Gasteiger partial charge < -0.3 is 9.30 Å². The van der Waals surface area contributed by atoms with E-state index in [1.165, 1.54) is 12.1 Å². The smallest absolute Gasteiger partial charge is 0.277 e. The average molecular weight is 491 g/mol. The van der Waals surface area contributed by atoms with Crippen LogP contribution in [0, 0.1) is 23.2 Å². The van der Waals surface area contributed by atoms with Crippen LogP contribution in [0.3, 0.4) is 0 Å². The van der Waals surface area contributed by atoms with Crippen LogP contribution in [0.25, 0.3) is 5.69 Å². The van der Waals surface area contributed by atoms with Crippen molar-refractivity contribution in [1.29, 1.82) is 0 Å². The monoisotopic (exact) mass is 491 g/mol. The second-order valence-electron chi connectivity index (χ2n) is 6.15. The quantitative estimate of drug-likeness (QED) is 0.317. The van der Waals surface area contributed by atoms with Gasteiger partial charge in [-0.1, -0.05) is 12.1 Å². The molecule has 0 unspecified atom stereocenters. The lowest BCUT2D eigenvalue weighted by Gasteiger charge is -2.09. The predicted molar refractivity (Wildman–Crippen MR) is 116 cm³/mol. The summed E-state index contributed by atoms with van der Waals surface area (Å²) in [5.41, 5.74) is 6.12. The summed E-state index contributed by atoms with van der Waals surface area (Å²) in [7, 11) is 0. The van der Waals surface area contributed by atoms with Crippen LogP contribution in [0.15, 0.2) is 59.7 Å². The van der Waals surface area contributed by atoms with Gasteiger partial charge in [0, 0.05) is 22.6 Å². The molecule has 0 aliphatic carbocycles. The lowest BCUT2D eigenvalue weighted by molar-refractivity contribution is -0.123. The summed E-state index contributed by atoms with van der Waals surface area (Å²) in [5, 5.41) is 4.02. The fraction of sp³-hybridized carbons (Fsp3) is 0.143. The van der Waals surface area contributed by atoms with Crippen LogP contribution >= 0.6 is 22.6 Å². The van der Waals surface area contributed by atoms with E-state index in [1.54, 1.807) is 18.3 Å². The number of rotatable bonds is 6. The number of nitrogens with one attached hydrogen (secondary N) is 1. The zero-order valence-electron chi connectivity index (χ0n) is 15.4. The lowest BCUT2D eigenvalue weighted by atomic mass is 10.2. The van der Waals surface area contributed by atoms with Gasteiger partial charge in [-0.2, -0.15) is 5.10 Å². The van der Waals surface area contributed by atoms with Gasteiger partial charge in [0.15, 0.2) is 6.61 Å². The summed E-state index contributed by atoms with van der Waals surface area (Å²) >= 11 is 2.15. The first-order chi connectivity index (χ1) is 13.5. The van der Waals surface area contributed by atoms with E-state index in [0.29, 0.717) is 5.75 Å². The fourth-order valence-electron chi connectivity index (χ4n) is 2.82. The minimum atomic E-state index is -0.344. The highest BCUT2D eigenvalue weighted by Crippen LogP contribution is 2.20. The third-order valence-electron chi connectivity index (χ3n) is 4.14. The minimum Gasteiger partial charge on any atom is -0.483 e. The van der Waals surface area contributed by atoms with Crippen molar-refractivity contribution in [1.82, 2.24) is 9.99 Å². The molecule has 0 saturated heterocycles. The number of benzene rings is 2. The van der Waals surface area contributed by atoms with Crippen molar-refractivity contribution in [2.45, 2.75) is 13.8 Å². The highest BCUT2D eigenvalue weighted by Gasteiger charge is 2.10. The first-order valence-corrected chi connectivity index (χ1v) is 9.67. The molecule has 0 aliphatic rings. The Morgan fingerprint density at radius 1 is 1.21 bits per heavy atom. The third kappa shape index (κ3) is 4.78. The Hall–Kier alpha value is -2.68. The minimum absolute atomic E-state index is 0.119. The van der Waals surface area contributed by atoms with Crippen LogP contribution < -0.4 is 10.2 Å². The first-order valence-electron chi connectivity index (χ1n) is 8.60. The molecular formula is C21H19FIN3O2. The SMILES string of the molecule is Cc1cc(/C=N/NC(=O)COc2ccccc2I)c(C)n1-c1ccc(F)cc1. The Labute approximate surface area is 176 Å². The van der Waals surface area contributed by atoms with Crippen molar-refractivity contribution < 1.29 is 13.9 Å². The summed E-state index contributed by atoms with van der Waals surface area (Å²) in [6.07, 6.45) is 1.59. The maximum atomic E-state index is 13.2. The standard InChI is InChI=1S/C21H19FIN3O2/c1-14-11-16(15(2)26(14)18-9-7-17(22)8-10-18)12-24-25-21(27)13-28-20-6-4-3-5-19(20)23/h3-12H,13H2,1-2H3,(H,25,27)/b24-12+. The van der Waals surface area contributed by atoms with Gasteiger partial charge in [-0.3, -0.25) is 4.79 Å². The molecule has 1 amide bonds. The zero-order valence-corrected chi connectivity index (χ0v) is 17.6. The van der Waals surface area contributed by atoms with Crippen LogP contribution in [0.2, 0.25) is 0 Å². The number of hydrogen-bond donors (Lipinski definition) is 1. The number of aryl methyl sites for hydroxylation is 1. The van der Waals surface area contributed by atoms with E-state index >= 15 is 0 Å². The summed E-state index contributed by atoms with van der Waals surface area (Å²) in [5.74, 6) is 0.0384. The van der Waals surface area contributed by atoms with E-state index in [-0.39, 0.29) is 18.3 Å². The Bertz CT molecular complexity index is 1010. The molecule has 7 heteroatoms. The molecule has 1 heterocycles. The van der Waals surface area contributed by atoms with Crippen LogP contribution in [-0.4, -0.2) is 23.3 Å². The van der Waals surface area contributed by atoms with Gasteiger partial charge in [-0.15, -0.1) is 0 Å². The number of para-hydroxylation sites is 1. The molecule has 0 saturated carbocycles. The number of nitrogens with zero attached hydrogens (tertiary/aromatic N) is 2. The molecule has 3 rings (SSSR count). The Kier molecular flexibility index (Phi) is 6.45. The topological polar surface area (TPSA) is 55.6 Å². The number of hydrogen-bond acceptors (Lipinski definition) is 3. The molecule has 0 atom stereocenters. The number of amides is 1. The highest BCUT2D eigenvalue weighted by molar-refractivity contribution is 14.1. The number of hydrazone groups is 1. The van der Waals surface area contributed by atoms with Crippen LogP contribution in [-0.2, 0) is 4.79 Å². The van der Waals surface area contributed by atoms with Crippen LogP contribution in [0.1, 0.15) is 17.0 Å². The number of aromatic nitrogens is 1. The number of halogens is 2. The molecule has 1 aromatic heterocycles. The van der Waals surface area contributed by atoms with E-state index in [4.69, 9.17) is 4.74 Å². The maximum absolute atomic E-state index is 13.2. The number of carbonyl (C=O) groups is 1. The van der Waals surface area contributed by atoms with Gasteiger partial charge in [-0.25, -0.2) is 9.82 Å². The molecule has 3 aromatic rings. The second kappa shape index (κ2) is 9.01. The summed E-state index contributed by atoms with van der Waals surface area (Å²) in [6, 6.07) is 15.7. The first kappa shape index (κ1) is 20.1. The Morgan fingerprint density at radius 3 is 2.64 bits per heavy atom. The second-order valence-corrected chi connectivity index (χ2v) is 7.31. The molecule has 0 aliphatic heterocycles. The van der Waals surface area contributed by atoms with Crippen molar-refractivity contribution >= 4 is 34.7 Å². The molecule has 0 radical (unpaired) electrons. The third-order valence-corrected chi connectivity index (χ3v) is 5.03. The van der Waals surface area contributed by atoms with E-state index in [2.05, 4.69) is 33.1 Å². The van der Waals surface area contributed by atoms with Crippen LogP contribution in [0.5, 0.6) is 5.75 Å². The molecule has 0 fully saturated rings. The molecule has 144 valence electrons. The molecule has 1 N–H and O–H groups in total. The normalized spacial score (nSPS) is 11.0. The Morgan fingerprint density at radius 2 is 1.93 bits per heavy atom. The Balaban J connectivity index is 1.63. The van der Waals surface area contributed by atoms with E-state index in [1.807, 2.05) is 48.7 Å². The predicted octanol–water partition coefficient (Wildman–Crippen LogP) is 4.37. The van der Waals surface area contributed by atoms with Gasteiger partial charge >= 0.3 is 0 Å². The molecule has 28 heavy (non-hydrogen) atoms. The lowest BCUT2D eigenvalue weighted by Crippen LogP contribution is -2.24. The van der Waals surface area contributed by atoms with Gasteiger partial charge in [-0.05, 0) is 78.9 Å². The molecule has 5 nitrogen and oxygen atoms in total. The van der Waals surface area contributed by atoms with Gasteiger partial charge in [0.1, 0.15) is 11.6 Å². The largest absolute Gasteiger partial charge is 0.483 e. The molecule has 2 aromatic carbocycles. The van der Waals surface area contributed by atoms with Crippen molar-refractivity contribution in [3.63, 3.8) is 0 Å². The summed E-state index contributed by atoms with van der Waals surface area (Å²) < 4.78 is 21.6. The molecule has 0 bridgehead atoms. The fourth-order valence-corrected chi connectivity index (χ4v) is 3.36. The number of carbonyl (C=O) groups excluding carboxylic acids is 1. The van der Waals surface area contributed by atoms with Crippen molar-refractivity contribution in [3.05, 3.63) is 80.9 Å². The van der Waals surface area contributed by atoms with E-state index < -0.39 is 0 Å². The average Bonchev–Trinajstić information content (AvgIpc) is 2.95. The highest BCUT2D eigenvalue weighted by atomic mass is 127. The van der Waals surface area contributed by atoms with E-state index in [9.17, 15) is 9.18 Å². The van der Waals surface area contributed by atoms with Crippen molar-refractivity contribution in [3.8, 4) is 11.4 Å². The van der Waals surface area contributed by atoms with Crippen molar-refractivity contribution in [2.75, 3.05) is 6.61 Å². The van der Waals surface area contributed by atoms with Gasteiger partial charge in [0.05, 0.1) is 9.78 Å². The maximum Gasteiger partial charge on any atom is 0.277 e. The summed E-state index contributed by atoms with van der Waals surface area (Å²) in [6.45, 7) is 3.79. The summed E-state index contributed by atoms with van der Waals surface area (Å²) in [4.78, 5) is 11.9. The molecule has 0 spiro atoms. The van der Waals surface area contributed by atoms with E-state index in [0.717, 1.165) is 26.2 Å². The zero-order chi connectivity index (χ0) is 20.1.